The molecule has 0 radical (unpaired) electrons. The first-order chi connectivity index (χ1) is 32.8. The molecule has 0 aliphatic heterocycles. The van der Waals surface area contributed by atoms with Crippen LogP contribution in [0.4, 0.5) is 50.1 Å². The number of carbonyl (C=O) groups is 2. The number of aromatic nitrogens is 1. The topological polar surface area (TPSA) is 363 Å². The molecular weight excluding hydrogens is 1080 g/mol. The first-order valence-electron chi connectivity index (χ1n) is 18.8. The predicted octanol–water partition coefficient (Wildman–Crippen LogP) is 11.3. The number of rotatable bonds is 16. The summed E-state index contributed by atoms with van der Waals surface area (Å²) in [6, 6.07) is 18.6. The summed E-state index contributed by atoms with van der Waals surface area (Å²) in [7, 11) is -14.5. The van der Waals surface area contributed by atoms with Gasteiger partial charge in [-0.05, 0) is 73.2 Å². The first-order valence-corrected chi connectivity index (χ1v) is 25.5. The zero-order valence-corrected chi connectivity index (χ0v) is 41.0. The molecule has 70 heavy (non-hydrogen) atoms. The molecule has 0 fully saturated rings. The Kier molecular flexibility index (Phi) is 15.9. The van der Waals surface area contributed by atoms with E-state index in [0.29, 0.717) is 0 Å². The highest BCUT2D eigenvalue weighted by Gasteiger charge is 2.25. The Bertz CT molecular complexity index is 3670. The number of nitriles is 2. The van der Waals surface area contributed by atoms with Crippen molar-refractivity contribution in [2.24, 2.45) is 20.5 Å². The molecule has 1 amide bonds. The van der Waals surface area contributed by atoms with E-state index in [2.05, 4.69) is 41.4 Å². The van der Waals surface area contributed by atoms with Crippen molar-refractivity contribution in [3.8, 4) is 23.3 Å². The Morgan fingerprint density at radius 1 is 0.657 bits per heavy atom. The van der Waals surface area contributed by atoms with Gasteiger partial charge in [0, 0.05) is 34.6 Å². The number of thiophene rings is 1. The Hall–Kier alpha value is -6.66. The molecule has 0 bridgehead atoms. The molecule has 0 aliphatic carbocycles. The molecule has 0 aliphatic rings. The lowest BCUT2D eigenvalue weighted by Crippen LogP contribution is -2.13. The number of benzene rings is 4. The zero-order chi connectivity index (χ0) is 51.5. The van der Waals surface area contributed by atoms with E-state index in [1.54, 1.807) is 0 Å². The Balaban J connectivity index is 1.55. The van der Waals surface area contributed by atoms with Crippen molar-refractivity contribution >= 4 is 150 Å². The maximum Gasteiger partial charge on any atom is 0.303 e. The molecule has 22 nitrogen and oxygen atoms in total. The van der Waals surface area contributed by atoms with Crippen LogP contribution >= 0.6 is 57.7 Å². The minimum atomic E-state index is -4.88. The van der Waals surface area contributed by atoms with Crippen molar-refractivity contribution in [3.63, 3.8) is 0 Å². The minimum absolute atomic E-state index is 0.0283. The van der Waals surface area contributed by atoms with Gasteiger partial charge < -0.3 is 21.1 Å². The number of azo groups is 2. The number of amides is 1. The largest absolute Gasteiger partial charge is 0.481 e. The van der Waals surface area contributed by atoms with E-state index in [0.717, 1.165) is 47.7 Å². The van der Waals surface area contributed by atoms with Crippen molar-refractivity contribution in [1.82, 2.24) is 4.98 Å². The highest BCUT2D eigenvalue weighted by Crippen LogP contribution is 2.49. The fourth-order valence-electron chi connectivity index (χ4n) is 6.07. The normalized spacial score (nSPS) is 11.9. The van der Waals surface area contributed by atoms with Gasteiger partial charge in [-0.25, -0.2) is 4.98 Å². The molecule has 2 aromatic heterocycles. The van der Waals surface area contributed by atoms with Crippen LogP contribution in [-0.2, 0) is 39.9 Å². The molecule has 360 valence electrons. The van der Waals surface area contributed by atoms with E-state index in [1.165, 1.54) is 43.3 Å². The van der Waals surface area contributed by atoms with Gasteiger partial charge in [-0.15, -0.1) is 20.5 Å². The van der Waals surface area contributed by atoms with Gasteiger partial charge in [0.05, 0.1) is 32.1 Å². The van der Waals surface area contributed by atoms with E-state index in [1.807, 2.05) is 12.1 Å². The molecule has 6 aromatic rings. The standard InChI is InChI=1S/C40H26Cl4N10O12S4/c1-18-23(16-45)37(48-21-5-7-25(41)30(12-21)68(58,59)60)50-38(49-22-6-8-26(42)31(13-22)69(61,62)63)36(18)52-53-39-24(17-46)35(19-3-2-4-20(11-19)47-33(55)9-10-34(56)57)40(67-39)54-51-29-14-28(44)32(15-27(29)43)70(64,65)66/h2-8,11-15H,9-10H2,1H3,(H,47,55)(H,56,57)(H2,48,49,50)(H,58,59,60)(H,61,62,63)(H,64,65,66). The Labute approximate surface area is 420 Å². The van der Waals surface area contributed by atoms with Crippen LogP contribution < -0.4 is 16.0 Å². The number of nitrogens with zero attached hydrogens (tertiary/aromatic N) is 7. The molecule has 0 saturated heterocycles. The van der Waals surface area contributed by atoms with Crippen LogP contribution in [0.25, 0.3) is 11.1 Å². The summed E-state index contributed by atoms with van der Waals surface area (Å²) < 4.78 is 101. The Morgan fingerprint density at radius 3 is 1.77 bits per heavy atom. The van der Waals surface area contributed by atoms with Crippen molar-refractivity contribution < 1.29 is 53.6 Å². The number of pyridine rings is 1. The maximum absolute atomic E-state index is 12.6. The van der Waals surface area contributed by atoms with Crippen LogP contribution in [0.2, 0.25) is 20.1 Å². The molecule has 30 heteroatoms. The van der Waals surface area contributed by atoms with Crippen molar-refractivity contribution in [2.45, 2.75) is 34.5 Å². The van der Waals surface area contributed by atoms with Gasteiger partial charge in [-0.1, -0.05) is 69.9 Å². The monoisotopic (exact) mass is 1110 g/mol. The van der Waals surface area contributed by atoms with Crippen LogP contribution in [0.5, 0.6) is 0 Å². The molecule has 0 unspecified atom stereocenters. The summed E-state index contributed by atoms with van der Waals surface area (Å²) in [6.07, 6.45) is -0.825. The maximum atomic E-state index is 12.6. The first kappa shape index (κ1) is 52.7. The van der Waals surface area contributed by atoms with Gasteiger partial charge in [0.1, 0.15) is 48.8 Å². The van der Waals surface area contributed by atoms with Gasteiger partial charge in [-0.3, -0.25) is 23.2 Å². The number of carboxylic acids is 1. The number of carboxylic acid groups (broad SMARTS) is 1. The van der Waals surface area contributed by atoms with E-state index >= 15 is 0 Å². The minimum Gasteiger partial charge on any atom is -0.481 e. The second-order valence-corrected chi connectivity index (χ2v) is 20.7. The lowest BCUT2D eigenvalue weighted by atomic mass is 10.0. The van der Waals surface area contributed by atoms with Crippen LogP contribution in [-0.4, -0.2) is 60.9 Å². The summed E-state index contributed by atoms with van der Waals surface area (Å²) in [6.45, 7) is 1.41. The van der Waals surface area contributed by atoms with Crippen LogP contribution in [0, 0.1) is 29.6 Å². The second-order valence-electron chi connectivity index (χ2n) is 14.0. The lowest BCUT2D eigenvalue weighted by molar-refractivity contribution is -0.138. The van der Waals surface area contributed by atoms with Gasteiger partial charge in [0.2, 0.25) is 5.91 Å². The summed E-state index contributed by atoms with van der Waals surface area (Å²) in [5, 5.41) is 53.7. The molecule has 4 aromatic carbocycles. The SMILES string of the molecule is Cc1c(C#N)c(Nc2ccc(Cl)c(S(=O)(=O)O)c2)nc(Nc2ccc(Cl)c(S(=O)(=O)O)c2)c1N=Nc1sc(N=Nc2cc(Cl)c(S(=O)(=O)O)cc2Cl)c(-c2cccc(NC(=O)CCC(=O)O)c2)c1C#N. The zero-order valence-electron chi connectivity index (χ0n) is 34.7. The lowest BCUT2D eigenvalue weighted by Gasteiger charge is -2.16. The smallest absolute Gasteiger partial charge is 0.303 e. The summed E-state index contributed by atoms with van der Waals surface area (Å²) in [4.78, 5) is 26.0. The summed E-state index contributed by atoms with van der Waals surface area (Å²) >= 11 is 25.2. The number of anilines is 5. The number of hydrogen-bond donors (Lipinski definition) is 7. The van der Waals surface area contributed by atoms with E-state index in [4.69, 9.17) is 51.5 Å². The second kappa shape index (κ2) is 21.1. The number of hydrogen-bond acceptors (Lipinski definition) is 18. The van der Waals surface area contributed by atoms with E-state index < -0.39 is 68.4 Å². The number of halogens is 4. The summed E-state index contributed by atoms with van der Waals surface area (Å²) in [5.74, 6) is -2.36. The number of carbonyl (C=O) groups excluding carboxylic acids is 1. The van der Waals surface area contributed by atoms with Gasteiger partial charge in [0.25, 0.3) is 30.4 Å². The third-order valence-electron chi connectivity index (χ3n) is 9.22. The van der Waals surface area contributed by atoms with E-state index in [9.17, 15) is 59.0 Å². The third-order valence-corrected chi connectivity index (χ3v) is 14.5. The number of aliphatic carboxylic acids is 1. The van der Waals surface area contributed by atoms with Gasteiger partial charge >= 0.3 is 5.97 Å². The highest BCUT2D eigenvalue weighted by molar-refractivity contribution is 7.86. The molecule has 0 saturated carbocycles. The van der Waals surface area contributed by atoms with Gasteiger partial charge in [0.15, 0.2) is 16.6 Å². The van der Waals surface area contributed by atoms with Gasteiger partial charge in [-0.2, -0.15) is 35.8 Å². The van der Waals surface area contributed by atoms with Crippen molar-refractivity contribution in [2.75, 3.05) is 16.0 Å². The molecule has 2 heterocycles. The van der Waals surface area contributed by atoms with E-state index in [-0.39, 0.29) is 99.4 Å². The number of nitrogens with one attached hydrogen (secondary N) is 3. The molecule has 6 rings (SSSR count). The summed E-state index contributed by atoms with van der Waals surface area (Å²) in [5.41, 5.74) is -0.443. The fraction of sp³-hybridized carbons (Fsp3) is 0.0750. The van der Waals surface area contributed by atoms with Crippen molar-refractivity contribution in [3.05, 3.63) is 110 Å². The van der Waals surface area contributed by atoms with Crippen LogP contribution in [0.15, 0.2) is 108 Å². The molecule has 7 N–H and O–H groups in total. The highest BCUT2D eigenvalue weighted by atomic mass is 35.5. The average Bonchev–Trinajstić information content (AvgIpc) is 3.63. The predicted molar refractivity (Wildman–Crippen MR) is 257 cm³/mol. The fourth-order valence-corrected chi connectivity index (χ4v) is 10.3. The third kappa shape index (κ3) is 12.4. The molecular formula is C40H26Cl4N10O12S4. The van der Waals surface area contributed by atoms with Crippen LogP contribution in [0.3, 0.4) is 0 Å². The quantitative estimate of drug-likeness (QED) is 0.0350. The molecule has 0 atom stereocenters. The van der Waals surface area contributed by atoms with Crippen LogP contribution in [0.1, 0.15) is 29.5 Å². The molecule has 0 spiro atoms. The Morgan fingerprint density at radius 2 is 1.21 bits per heavy atom. The van der Waals surface area contributed by atoms with Crippen molar-refractivity contribution in [1.29, 1.82) is 10.5 Å². The average molecular weight is 1110 g/mol.